The highest BCUT2D eigenvalue weighted by Gasteiger charge is 2.34. The van der Waals surface area contributed by atoms with Gasteiger partial charge in [-0.15, -0.1) is 0 Å². The van der Waals surface area contributed by atoms with E-state index in [1.807, 2.05) is 44.2 Å². The fourth-order valence-electron chi connectivity index (χ4n) is 4.63. The van der Waals surface area contributed by atoms with Crippen LogP contribution in [0.3, 0.4) is 0 Å². The lowest BCUT2D eigenvalue weighted by molar-refractivity contribution is -0.156. The lowest BCUT2D eigenvalue weighted by Gasteiger charge is -2.30. The summed E-state index contributed by atoms with van der Waals surface area (Å²) in [7, 11) is 0.867. The molecule has 0 saturated carbocycles. The summed E-state index contributed by atoms with van der Waals surface area (Å²) in [6, 6.07) is 15.1. The van der Waals surface area contributed by atoms with E-state index in [0.29, 0.717) is 50.6 Å². The van der Waals surface area contributed by atoms with Gasteiger partial charge in [0, 0.05) is 19.5 Å². The predicted octanol–water partition coefficient (Wildman–Crippen LogP) is 0.104. The Morgan fingerprint density at radius 3 is 2.30 bits per heavy atom. The third kappa shape index (κ3) is 13.4. The number of nitrogens with two attached hydrogens (primary N) is 1. The fraction of sp³-hybridized carbons (Fsp3) is 0.562. The number of esters is 1. The second-order valence-electron chi connectivity index (χ2n) is 11.7. The Balaban J connectivity index is 1.69. The van der Waals surface area contributed by atoms with Crippen molar-refractivity contribution in [2.45, 2.75) is 70.0 Å². The summed E-state index contributed by atoms with van der Waals surface area (Å²) in [6.07, 6.45) is -6.95. The van der Waals surface area contributed by atoms with Crippen LogP contribution in [0.15, 0.2) is 54.6 Å². The van der Waals surface area contributed by atoms with E-state index in [1.165, 1.54) is 4.90 Å². The number of morpholine rings is 1. The van der Waals surface area contributed by atoms with Gasteiger partial charge in [0.1, 0.15) is 49.4 Å². The van der Waals surface area contributed by atoms with Crippen LogP contribution in [-0.4, -0.2) is 121 Å². The second-order valence-corrected chi connectivity index (χ2v) is 11.7. The van der Waals surface area contributed by atoms with Crippen LogP contribution in [0.1, 0.15) is 31.4 Å². The normalized spacial score (nSPS) is 17.2. The van der Waals surface area contributed by atoms with Crippen molar-refractivity contribution in [1.82, 2.24) is 10.2 Å². The van der Waals surface area contributed by atoms with Gasteiger partial charge < -0.3 is 59.9 Å². The minimum atomic E-state index is -1.85. The van der Waals surface area contributed by atoms with Crippen LogP contribution in [0.25, 0.3) is 0 Å². The molecule has 259 valence electrons. The Bertz CT molecular complexity index is 1190. The molecule has 1 heterocycles. The van der Waals surface area contributed by atoms with Crippen LogP contribution in [0.2, 0.25) is 0 Å². The molecule has 2 amide bonds. The quantitative estimate of drug-likeness (QED) is 0.0676. The van der Waals surface area contributed by atoms with Crippen LogP contribution in [0.4, 0.5) is 4.79 Å². The van der Waals surface area contributed by atoms with Gasteiger partial charge in [0.25, 0.3) is 0 Å². The first-order valence-corrected chi connectivity index (χ1v) is 15.7. The zero-order chi connectivity index (χ0) is 34.2. The number of benzene rings is 2. The van der Waals surface area contributed by atoms with E-state index >= 15 is 0 Å². The Hall–Kier alpha value is -3.28. The molecule has 3 rings (SSSR count). The molecule has 15 heteroatoms. The zero-order valence-corrected chi connectivity index (χ0v) is 26.9. The van der Waals surface area contributed by atoms with E-state index < -0.39 is 61.9 Å². The number of rotatable bonds is 19. The number of hydrogen-bond acceptors (Lipinski definition) is 12. The van der Waals surface area contributed by atoms with E-state index in [9.17, 15) is 30.0 Å². The van der Waals surface area contributed by atoms with Crippen molar-refractivity contribution >= 4 is 19.7 Å². The van der Waals surface area contributed by atoms with Gasteiger partial charge in [-0.1, -0.05) is 56.3 Å². The molecule has 14 nitrogen and oxygen atoms in total. The van der Waals surface area contributed by atoms with Crippen molar-refractivity contribution in [1.29, 1.82) is 0 Å². The Kier molecular flexibility index (Phi) is 16.4. The molecule has 2 aromatic carbocycles. The molecule has 1 aliphatic rings. The SMILES string of the molecule is CC(C)C[C@H](N)O[B]O[C@H](COC(=O)[C@H](Cc1ccc(OCc2ccccc2)cc1)NC(=O)N1CCOCC1)[C@@H](O)[C@H](O)[C@H](O)CO. The van der Waals surface area contributed by atoms with Crippen molar-refractivity contribution in [2.75, 3.05) is 39.5 Å². The first-order valence-electron chi connectivity index (χ1n) is 15.7. The Morgan fingerprint density at radius 1 is 0.979 bits per heavy atom. The molecule has 1 saturated heterocycles. The summed E-state index contributed by atoms with van der Waals surface area (Å²) < 4.78 is 27.4. The zero-order valence-electron chi connectivity index (χ0n) is 26.9. The summed E-state index contributed by atoms with van der Waals surface area (Å²) in [5.74, 6) is 0.00888. The molecule has 2 aromatic rings. The molecular formula is C32H47BN3O11. The summed E-state index contributed by atoms with van der Waals surface area (Å²) in [4.78, 5) is 28.0. The maximum absolute atomic E-state index is 13.4. The van der Waals surface area contributed by atoms with Gasteiger partial charge in [-0.2, -0.15) is 0 Å². The molecule has 0 spiro atoms. The Labute approximate surface area is 276 Å². The van der Waals surface area contributed by atoms with Gasteiger partial charge in [0.15, 0.2) is 0 Å². The molecule has 0 unspecified atom stereocenters. The summed E-state index contributed by atoms with van der Waals surface area (Å²) in [6.45, 7) is 4.27. The number of ether oxygens (including phenoxy) is 3. The van der Waals surface area contributed by atoms with Gasteiger partial charge in [-0.05, 0) is 35.6 Å². The number of nitrogens with zero attached hydrogens (tertiary/aromatic N) is 1. The van der Waals surface area contributed by atoms with Crippen LogP contribution >= 0.6 is 0 Å². The predicted molar refractivity (Wildman–Crippen MR) is 171 cm³/mol. The number of aliphatic hydroxyl groups is 4. The maximum atomic E-state index is 13.4. The van der Waals surface area contributed by atoms with Crippen LogP contribution < -0.4 is 15.8 Å². The van der Waals surface area contributed by atoms with E-state index in [4.69, 9.17) is 29.3 Å². The number of aliphatic hydroxyl groups excluding tert-OH is 4. The smallest absolute Gasteiger partial charge is 0.489 e. The molecule has 1 radical (unpaired) electrons. The number of carbonyl (C=O) groups is 2. The Morgan fingerprint density at radius 2 is 1.66 bits per heavy atom. The standard InChI is InChI=1S/C32H47BN3O11/c1-21(2)16-28(34)47-33-46-27(30(40)29(39)26(38)18-37)20-45-31(41)25(35-32(42)36-12-14-43-15-13-36)17-22-8-10-24(11-9-22)44-19-23-6-4-3-5-7-23/h3-11,21,25-30,37-40H,12-20,34H2,1-2H3,(H,35,42)/t25-,26+,27+,28+,29+,30+/m0/s1. The van der Waals surface area contributed by atoms with E-state index in [0.717, 1.165) is 13.2 Å². The number of nitrogens with one attached hydrogen (secondary N) is 1. The summed E-state index contributed by atoms with van der Waals surface area (Å²) >= 11 is 0. The molecule has 7 N–H and O–H groups in total. The van der Waals surface area contributed by atoms with Crippen molar-refractivity contribution in [3.63, 3.8) is 0 Å². The number of hydrogen-bond donors (Lipinski definition) is 6. The highest BCUT2D eigenvalue weighted by atomic mass is 16.6. The molecular weight excluding hydrogens is 613 g/mol. The average Bonchev–Trinajstić information content (AvgIpc) is 3.08. The summed E-state index contributed by atoms with van der Waals surface area (Å²) in [5, 5.41) is 42.8. The largest absolute Gasteiger partial charge is 0.489 e. The minimum absolute atomic E-state index is 0.0626. The molecule has 0 bridgehead atoms. The molecule has 0 aliphatic carbocycles. The van der Waals surface area contributed by atoms with Crippen molar-refractivity contribution < 1.29 is 53.5 Å². The van der Waals surface area contributed by atoms with Crippen molar-refractivity contribution in [3.8, 4) is 5.75 Å². The fourth-order valence-corrected chi connectivity index (χ4v) is 4.63. The highest BCUT2D eigenvalue weighted by Crippen LogP contribution is 2.17. The number of urea groups is 1. The maximum Gasteiger partial charge on any atom is 0.489 e. The number of amides is 2. The topological polar surface area (TPSA) is 202 Å². The first kappa shape index (κ1) is 38.2. The van der Waals surface area contributed by atoms with Crippen LogP contribution in [0, 0.1) is 5.92 Å². The molecule has 1 aliphatic heterocycles. The third-order valence-electron chi connectivity index (χ3n) is 7.36. The summed E-state index contributed by atoms with van der Waals surface area (Å²) in [5.41, 5.74) is 7.62. The van der Waals surface area contributed by atoms with Crippen molar-refractivity contribution in [2.24, 2.45) is 11.7 Å². The van der Waals surface area contributed by atoms with Crippen molar-refractivity contribution in [3.05, 3.63) is 65.7 Å². The third-order valence-corrected chi connectivity index (χ3v) is 7.36. The lowest BCUT2D eigenvalue weighted by Crippen LogP contribution is -2.53. The molecule has 47 heavy (non-hydrogen) atoms. The van der Waals surface area contributed by atoms with Gasteiger partial charge in [-0.25, -0.2) is 9.59 Å². The van der Waals surface area contributed by atoms with Gasteiger partial charge in [0.05, 0.1) is 26.0 Å². The van der Waals surface area contributed by atoms with Gasteiger partial charge >= 0.3 is 19.7 Å². The molecule has 6 atom stereocenters. The van der Waals surface area contributed by atoms with E-state index in [2.05, 4.69) is 5.32 Å². The van der Waals surface area contributed by atoms with Crippen LogP contribution in [-0.2, 0) is 36.6 Å². The van der Waals surface area contributed by atoms with Gasteiger partial charge in [0.2, 0.25) is 0 Å². The number of carbonyl (C=O) groups excluding carboxylic acids is 2. The first-order chi connectivity index (χ1) is 22.6. The molecule has 0 aromatic heterocycles. The van der Waals surface area contributed by atoms with E-state index in [-0.39, 0.29) is 12.3 Å². The minimum Gasteiger partial charge on any atom is -0.489 e. The monoisotopic (exact) mass is 660 g/mol. The van der Waals surface area contributed by atoms with E-state index in [1.54, 1.807) is 24.3 Å². The lowest BCUT2D eigenvalue weighted by atomic mass is 10.0. The molecule has 1 fully saturated rings. The van der Waals surface area contributed by atoms with Crippen LogP contribution in [0.5, 0.6) is 5.75 Å². The second kappa shape index (κ2) is 20.2. The van der Waals surface area contributed by atoms with Gasteiger partial charge in [-0.3, -0.25) is 0 Å². The highest BCUT2D eigenvalue weighted by molar-refractivity contribution is 6.18. The average molecular weight is 661 g/mol.